The molecule has 0 radical (unpaired) electrons. The van der Waals surface area contributed by atoms with Crippen molar-refractivity contribution in [1.82, 2.24) is 14.9 Å². The molecule has 34 heavy (non-hydrogen) atoms. The van der Waals surface area contributed by atoms with Crippen molar-refractivity contribution in [2.75, 3.05) is 50.4 Å². The Kier molecular flexibility index (Phi) is 10.5. The monoisotopic (exact) mass is 491 g/mol. The van der Waals surface area contributed by atoms with Crippen molar-refractivity contribution in [1.29, 1.82) is 0 Å². The van der Waals surface area contributed by atoms with E-state index in [0.29, 0.717) is 35.8 Å². The van der Waals surface area contributed by atoms with E-state index >= 15 is 0 Å². The number of hydrogen-bond donors (Lipinski definition) is 2. The van der Waals surface area contributed by atoms with Crippen LogP contribution in [0.4, 0.5) is 11.8 Å². The molecule has 1 amide bonds. The predicted molar refractivity (Wildman–Crippen MR) is 141 cm³/mol. The Morgan fingerprint density at radius 3 is 2.79 bits per heavy atom. The highest BCUT2D eigenvalue weighted by Crippen LogP contribution is 2.28. The largest absolute Gasteiger partial charge is 0.369 e. The van der Waals surface area contributed by atoms with Crippen LogP contribution in [0, 0.1) is 0 Å². The number of carbonyl (C=O) groups excluding carboxylic acids is 1. The molecule has 2 aliphatic heterocycles. The SMILES string of the molecule is CCCCCC(CCC)[N+]1(C)CCC=C(Nc2ncc(Cl)c(NCCCN3CCCC3=O)n2)C1. The fourth-order valence-electron chi connectivity index (χ4n) is 5.31. The fourth-order valence-corrected chi connectivity index (χ4v) is 5.47. The molecule has 1 aromatic heterocycles. The number of aromatic nitrogens is 2. The van der Waals surface area contributed by atoms with Crippen LogP contribution in [0.25, 0.3) is 0 Å². The van der Waals surface area contributed by atoms with E-state index in [9.17, 15) is 4.79 Å². The number of amides is 1. The fraction of sp³-hybridized carbons (Fsp3) is 0.731. The lowest BCUT2D eigenvalue weighted by Gasteiger charge is -2.44. The summed E-state index contributed by atoms with van der Waals surface area (Å²) < 4.78 is 1.09. The van der Waals surface area contributed by atoms with Gasteiger partial charge in [0.05, 0.1) is 31.5 Å². The van der Waals surface area contributed by atoms with Crippen molar-refractivity contribution in [3.63, 3.8) is 0 Å². The van der Waals surface area contributed by atoms with Gasteiger partial charge in [-0.3, -0.25) is 4.79 Å². The van der Waals surface area contributed by atoms with E-state index in [-0.39, 0.29) is 5.91 Å². The van der Waals surface area contributed by atoms with E-state index in [4.69, 9.17) is 11.6 Å². The van der Waals surface area contributed by atoms with Crippen LogP contribution in [0.2, 0.25) is 5.02 Å². The van der Waals surface area contributed by atoms with Gasteiger partial charge in [-0.1, -0.05) is 50.8 Å². The Morgan fingerprint density at radius 1 is 1.21 bits per heavy atom. The van der Waals surface area contributed by atoms with Crippen molar-refractivity contribution in [2.24, 2.45) is 0 Å². The quantitative estimate of drug-likeness (QED) is 0.267. The van der Waals surface area contributed by atoms with Crippen LogP contribution >= 0.6 is 11.6 Å². The molecule has 1 aromatic rings. The Hall–Kier alpha value is -1.86. The zero-order valence-electron chi connectivity index (χ0n) is 21.4. The van der Waals surface area contributed by atoms with E-state index in [0.717, 1.165) is 43.4 Å². The second-order valence-corrected chi connectivity index (χ2v) is 10.5. The molecule has 3 heterocycles. The third kappa shape index (κ3) is 7.57. The highest BCUT2D eigenvalue weighted by Gasteiger charge is 2.34. The van der Waals surface area contributed by atoms with Crippen LogP contribution in [-0.4, -0.2) is 71.1 Å². The summed E-state index contributed by atoms with van der Waals surface area (Å²) >= 11 is 6.35. The number of likely N-dealkylation sites (N-methyl/N-ethyl adjacent to an activating group) is 1. The molecule has 1 saturated heterocycles. The normalized spacial score (nSPS) is 21.5. The maximum atomic E-state index is 11.8. The zero-order chi connectivity index (χ0) is 24.4. The third-order valence-electron chi connectivity index (χ3n) is 7.29. The number of carbonyl (C=O) groups is 1. The van der Waals surface area contributed by atoms with Crippen molar-refractivity contribution < 1.29 is 9.28 Å². The third-order valence-corrected chi connectivity index (χ3v) is 7.57. The summed E-state index contributed by atoms with van der Waals surface area (Å²) in [6.45, 7) is 9.13. The van der Waals surface area contributed by atoms with Gasteiger partial charge in [-0.2, -0.15) is 4.98 Å². The molecule has 0 aliphatic carbocycles. The molecule has 2 N–H and O–H groups in total. The number of nitrogens with one attached hydrogen (secondary N) is 2. The number of hydrogen-bond acceptors (Lipinski definition) is 5. The summed E-state index contributed by atoms with van der Waals surface area (Å²) in [7, 11) is 2.42. The smallest absolute Gasteiger partial charge is 0.229 e. The average molecular weight is 492 g/mol. The van der Waals surface area contributed by atoms with Gasteiger partial charge in [-0.05, 0) is 32.1 Å². The first kappa shape index (κ1) is 26.7. The Bertz CT molecular complexity index is 832. The van der Waals surface area contributed by atoms with Gasteiger partial charge in [0.15, 0.2) is 0 Å². The van der Waals surface area contributed by atoms with Crippen LogP contribution in [0.1, 0.15) is 78.1 Å². The minimum Gasteiger partial charge on any atom is -0.369 e. The van der Waals surface area contributed by atoms with Crippen LogP contribution in [0.3, 0.4) is 0 Å². The summed E-state index contributed by atoms with van der Waals surface area (Å²) in [6.07, 6.45) is 15.3. The van der Waals surface area contributed by atoms with Crippen molar-refractivity contribution >= 4 is 29.3 Å². The van der Waals surface area contributed by atoms with Crippen LogP contribution < -0.4 is 10.6 Å². The maximum Gasteiger partial charge on any atom is 0.229 e. The second kappa shape index (κ2) is 13.3. The van der Waals surface area contributed by atoms with E-state index in [1.165, 1.54) is 50.8 Å². The number of likely N-dealkylation sites (tertiary alicyclic amines) is 1. The van der Waals surface area contributed by atoms with E-state index in [1.54, 1.807) is 6.20 Å². The lowest BCUT2D eigenvalue weighted by molar-refractivity contribution is -0.931. The molecule has 8 heteroatoms. The molecule has 190 valence electrons. The van der Waals surface area contributed by atoms with Gasteiger partial charge in [0.2, 0.25) is 11.9 Å². The molecule has 0 saturated carbocycles. The number of rotatable bonds is 14. The molecule has 1 fully saturated rings. The summed E-state index contributed by atoms with van der Waals surface area (Å²) in [4.78, 5) is 22.8. The molecule has 3 rings (SSSR count). The van der Waals surface area contributed by atoms with E-state index < -0.39 is 0 Å². The van der Waals surface area contributed by atoms with E-state index in [1.807, 2.05) is 4.90 Å². The van der Waals surface area contributed by atoms with Gasteiger partial charge in [0, 0.05) is 32.5 Å². The molecular formula is C26H44ClN6O+. The van der Waals surface area contributed by atoms with Crippen molar-refractivity contribution in [3.8, 4) is 0 Å². The molecule has 0 spiro atoms. The van der Waals surface area contributed by atoms with E-state index in [2.05, 4.69) is 47.6 Å². The highest BCUT2D eigenvalue weighted by atomic mass is 35.5. The number of halogens is 1. The summed E-state index contributed by atoms with van der Waals surface area (Å²) in [5.74, 6) is 1.49. The minimum atomic E-state index is 0.268. The first-order valence-electron chi connectivity index (χ1n) is 13.3. The summed E-state index contributed by atoms with van der Waals surface area (Å²) in [5, 5.41) is 7.32. The van der Waals surface area contributed by atoms with Gasteiger partial charge >= 0.3 is 0 Å². The lowest BCUT2D eigenvalue weighted by Crippen LogP contribution is -2.55. The van der Waals surface area contributed by atoms with Crippen LogP contribution in [0.15, 0.2) is 18.0 Å². The molecule has 0 aromatic carbocycles. The summed E-state index contributed by atoms with van der Waals surface area (Å²) in [5.41, 5.74) is 1.20. The standard InChI is InChI=1S/C26H44ClN6O/c1-4-6-7-13-22(11-5-2)33(3)18-9-12-21(20-33)30-26-29-19-23(27)25(31-26)28-15-10-17-32-16-8-14-24(32)34/h12,19,22H,4-11,13-18,20H2,1-3H3,(H2,28,29,30,31)/q+1. The maximum absolute atomic E-state index is 11.8. The molecule has 7 nitrogen and oxygen atoms in total. The van der Waals surface area contributed by atoms with Gasteiger partial charge in [-0.15, -0.1) is 0 Å². The topological polar surface area (TPSA) is 70.2 Å². The predicted octanol–water partition coefficient (Wildman–Crippen LogP) is 5.45. The van der Waals surface area contributed by atoms with Crippen molar-refractivity contribution in [2.45, 2.75) is 84.1 Å². The van der Waals surface area contributed by atoms with Crippen molar-refractivity contribution in [3.05, 3.63) is 23.0 Å². The first-order chi connectivity index (χ1) is 16.4. The number of quaternary nitrogens is 1. The molecule has 0 bridgehead atoms. The second-order valence-electron chi connectivity index (χ2n) is 10.1. The number of anilines is 2. The number of nitrogens with zero attached hydrogens (tertiary/aromatic N) is 4. The highest BCUT2D eigenvalue weighted by molar-refractivity contribution is 6.32. The van der Waals surface area contributed by atoms with Gasteiger partial charge < -0.3 is 20.0 Å². The molecule has 2 unspecified atom stereocenters. The Morgan fingerprint density at radius 2 is 2.06 bits per heavy atom. The average Bonchev–Trinajstić information content (AvgIpc) is 3.23. The minimum absolute atomic E-state index is 0.268. The van der Waals surface area contributed by atoms with Gasteiger partial charge in [-0.25, -0.2) is 4.98 Å². The molecule has 2 atom stereocenters. The Labute approximate surface area is 210 Å². The molecule has 2 aliphatic rings. The van der Waals surface area contributed by atoms with Crippen LogP contribution in [-0.2, 0) is 4.79 Å². The first-order valence-corrected chi connectivity index (χ1v) is 13.7. The van der Waals surface area contributed by atoms with Crippen LogP contribution in [0.5, 0.6) is 0 Å². The zero-order valence-corrected chi connectivity index (χ0v) is 22.2. The Balaban J connectivity index is 1.55. The lowest BCUT2D eigenvalue weighted by atomic mass is 9.97. The summed E-state index contributed by atoms with van der Waals surface area (Å²) in [6, 6.07) is 0.702. The molecular weight excluding hydrogens is 448 g/mol. The van der Waals surface area contributed by atoms with Gasteiger partial charge in [0.1, 0.15) is 17.4 Å². The van der Waals surface area contributed by atoms with Gasteiger partial charge in [0.25, 0.3) is 0 Å². The number of unbranched alkanes of at least 4 members (excludes halogenated alkanes) is 2.